The summed E-state index contributed by atoms with van der Waals surface area (Å²) in [5.74, 6) is 1.85. The van der Waals surface area contributed by atoms with Gasteiger partial charge in [-0.2, -0.15) is 0 Å². The fraction of sp³-hybridized carbons (Fsp3) is 0.625. The van der Waals surface area contributed by atoms with Crippen molar-refractivity contribution in [1.82, 2.24) is 0 Å². The second-order valence-electron chi connectivity index (χ2n) is 5.79. The van der Waals surface area contributed by atoms with Crippen LogP contribution in [-0.4, -0.2) is 12.2 Å². The zero-order valence-corrected chi connectivity index (χ0v) is 11.7. The average molecular weight is 261 g/mol. The maximum Gasteiger partial charge on any atom is 0.125 e. The van der Waals surface area contributed by atoms with Crippen molar-refractivity contribution < 1.29 is 9.47 Å². The summed E-state index contributed by atoms with van der Waals surface area (Å²) in [5, 5.41) is 0. The van der Waals surface area contributed by atoms with E-state index in [1.807, 2.05) is 25.1 Å². The predicted octanol–water partition coefficient (Wildman–Crippen LogP) is 3.57. The molecule has 0 unspecified atom stereocenters. The van der Waals surface area contributed by atoms with E-state index in [0.29, 0.717) is 6.61 Å². The maximum atomic E-state index is 6.38. The first-order valence-electron chi connectivity index (χ1n) is 7.44. The van der Waals surface area contributed by atoms with Crippen molar-refractivity contribution in [3.63, 3.8) is 0 Å². The van der Waals surface area contributed by atoms with Crippen LogP contribution in [0.1, 0.15) is 57.1 Å². The van der Waals surface area contributed by atoms with Crippen molar-refractivity contribution in [1.29, 1.82) is 0 Å². The molecule has 19 heavy (non-hydrogen) atoms. The molecule has 3 rings (SSSR count). The van der Waals surface area contributed by atoms with E-state index in [2.05, 4.69) is 0 Å². The van der Waals surface area contributed by atoms with Crippen LogP contribution in [0.25, 0.3) is 0 Å². The summed E-state index contributed by atoms with van der Waals surface area (Å²) in [5.41, 5.74) is 7.48. The Labute approximate surface area is 115 Å². The third-order valence-corrected chi connectivity index (χ3v) is 4.37. The molecule has 1 spiro atoms. The van der Waals surface area contributed by atoms with Crippen LogP contribution < -0.4 is 15.2 Å². The zero-order chi connectivity index (χ0) is 13.3. The molecule has 0 bridgehead atoms. The number of nitrogens with two attached hydrogens (primary N) is 1. The van der Waals surface area contributed by atoms with Gasteiger partial charge in [0.15, 0.2) is 0 Å². The highest BCUT2D eigenvalue weighted by Gasteiger charge is 2.40. The van der Waals surface area contributed by atoms with Crippen LogP contribution in [0, 0.1) is 0 Å². The van der Waals surface area contributed by atoms with Gasteiger partial charge in [-0.25, -0.2) is 0 Å². The third kappa shape index (κ3) is 2.44. The molecule has 1 fully saturated rings. The summed E-state index contributed by atoms with van der Waals surface area (Å²) in [6, 6.07) is 6.12. The van der Waals surface area contributed by atoms with Crippen LogP contribution in [0.2, 0.25) is 0 Å². The highest BCUT2D eigenvalue weighted by Crippen LogP contribution is 2.46. The molecule has 2 aliphatic rings. The molecule has 2 N–H and O–H groups in total. The fourth-order valence-electron chi connectivity index (χ4n) is 3.45. The second kappa shape index (κ2) is 5.04. The van der Waals surface area contributed by atoms with E-state index >= 15 is 0 Å². The van der Waals surface area contributed by atoms with Gasteiger partial charge < -0.3 is 15.2 Å². The van der Waals surface area contributed by atoms with Crippen molar-refractivity contribution >= 4 is 0 Å². The molecule has 1 atom stereocenters. The molecule has 1 aliphatic carbocycles. The third-order valence-electron chi connectivity index (χ3n) is 4.37. The minimum absolute atomic E-state index is 0.00219. The molecule has 1 heterocycles. The van der Waals surface area contributed by atoms with Gasteiger partial charge in [-0.15, -0.1) is 0 Å². The predicted molar refractivity (Wildman–Crippen MR) is 75.6 cm³/mol. The molecule has 0 aromatic heterocycles. The van der Waals surface area contributed by atoms with Crippen LogP contribution in [0.3, 0.4) is 0 Å². The summed E-state index contributed by atoms with van der Waals surface area (Å²) in [6.07, 6.45) is 7.09. The molecule has 0 radical (unpaired) electrons. The molecule has 1 saturated carbocycles. The maximum absolute atomic E-state index is 6.38. The molecular formula is C16H23NO2. The molecule has 1 aromatic carbocycles. The van der Waals surface area contributed by atoms with Crippen molar-refractivity contribution in [2.24, 2.45) is 5.73 Å². The van der Waals surface area contributed by atoms with Gasteiger partial charge in [-0.3, -0.25) is 0 Å². The van der Waals surface area contributed by atoms with Gasteiger partial charge in [0, 0.05) is 18.0 Å². The largest absolute Gasteiger partial charge is 0.494 e. The number of hydrogen-bond acceptors (Lipinski definition) is 3. The van der Waals surface area contributed by atoms with Crippen molar-refractivity contribution in [2.75, 3.05) is 6.61 Å². The summed E-state index contributed by atoms with van der Waals surface area (Å²) in [4.78, 5) is 0. The van der Waals surface area contributed by atoms with E-state index < -0.39 is 0 Å². The van der Waals surface area contributed by atoms with Gasteiger partial charge in [0.05, 0.1) is 6.61 Å². The lowest BCUT2D eigenvalue weighted by atomic mass is 9.77. The summed E-state index contributed by atoms with van der Waals surface area (Å²) < 4.78 is 11.9. The lowest BCUT2D eigenvalue weighted by Gasteiger charge is -2.43. The Bertz CT molecular complexity index is 452. The molecular weight excluding hydrogens is 238 g/mol. The normalized spacial score (nSPS) is 24.6. The molecule has 1 aromatic rings. The quantitative estimate of drug-likeness (QED) is 0.885. The molecule has 104 valence electrons. The summed E-state index contributed by atoms with van der Waals surface area (Å²) in [6.45, 7) is 2.67. The van der Waals surface area contributed by atoms with Crippen LogP contribution in [0.5, 0.6) is 11.5 Å². The fourth-order valence-corrected chi connectivity index (χ4v) is 3.45. The molecule has 3 nitrogen and oxygen atoms in total. The van der Waals surface area contributed by atoms with Gasteiger partial charge in [0.1, 0.15) is 17.1 Å². The SMILES string of the molecule is CCOc1ccc2c(c1)[C@@H](N)CC1(CCCCC1)O2. The van der Waals surface area contributed by atoms with Crippen molar-refractivity contribution in [2.45, 2.75) is 57.1 Å². The number of ether oxygens (including phenoxy) is 2. The van der Waals surface area contributed by atoms with Gasteiger partial charge >= 0.3 is 0 Å². The van der Waals surface area contributed by atoms with Crippen LogP contribution in [0.15, 0.2) is 18.2 Å². The highest BCUT2D eigenvalue weighted by atomic mass is 16.5. The topological polar surface area (TPSA) is 44.5 Å². The minimum Gasteiger partial charge on any atom is -0.494 e. The Morgan fingerprint density at radius 1 is 1.32 bits per heavy atom. The van der Waals surface area contributed by atoms with Gasteiger partial charge in [-0.05, 0) is 50.8 Å². The Balaban J connectivity index is 1.88. The number of fused-ring (bicyclic) bond motifs is 1. The van der Waals surface area contributed by atoms with E-state index in [-0.39, 0.29) is 11.6 Å². The summed E-state index contributed by atoms with van der Waals surface area (Å²) >= 11 is 0. The smallest absolute Gasteiger partial charge is 0.125 e. The van der Waals surface area contributed by atoms with Gasteiger partial charge in [0.2, 0.25) is 0 Å². The van der Waals surface area contributed by atoms with E-state index in [1.54, 1.807) is 0 Å². The van der Waals surface area contributed by atoms with E-state index in [0.717, 1.165) is 36.3 Å². The Hall–Kier alpha value is -1.22. The molecule has 0 amide bonds. The molecule has 1 aliphatic heterocycles. The lowest BCUT2D eigenvalue weighted by Crippen LogP contribution is -2.44. The van der Waals surface area contributed by atoms with E-state index in [4.69, 9.17) is 15.2 Å². The first-order chi connectivity index (χ1) is 9.22. The molecule has 3 heteroatoms. The first kappa shape index (κ1) is 12.8. The number of rotatable bonds is 2. The highest BCUT2D eigenvalue weighted by molar-refractivity contribution is 5.44. The first-order valence-corrected chi connectivity index (χ1v) is 7.44. The summed E-state index contributed by atoms with van der Waals surface area (Å²) in [7, 11) is 0. The van der Waals surface area contributed by atoms with Crippen molar-refractivity contribution in [3.05, 3.63) is 23.8 Å². The standard InChI is InChI=1S/C16H23NO2/c1-2-18-12-6-7-15-13(10-12)14(17)11-16(19-15)8-4-3-5-9-16/h6-7,10,14H,2-5,8-9,11,17H2,1H3/t14-/m0/s1. The Morgan fingerprint density at radius 3 is 2.84 bits per heavy atom. The monoisotopic (exact) mass is 261 g/mol. The van der Waals surface area contributed by atoms with Crippen LogP contribution in [-0.2, 0) is 0 Å². The number of benzene rings is 1. The van der Waals surface area contributed by atoms with Gasteiger partial charge in [-0.1, -0.05) is 6.42 Å². The average Bonchev–Trinajstić information content (AvgIpc) is 2.41. The van der Waals surface area contributed by atoms with Crippen molar-refractivity contribution in [3.8, 4) is 11.5 Å². The second-order valence-corrected chi connectivity index (χ2v) is 5.79. The number of hydrogen-bond donors (Lipinski definition) is 1. The molecule has 0 saturated heterocycles. The Morgan fingerprint density at radius 2 is 2.11 bits per heavy atom. The van der Waals surface area contributed by atoms with E-state index in [9.17, 15) is 0 Å². The Kier molecular flexibility index (Phi) is 3.40. The zero-order valence-electron chi connectivity index (χ0n) is 11.7. The lowest BCUT2D eigenvalue weighted by molar-refractivity contribution is 0.00182. The van der Waals surface area contributed by atoms with Crippen LogP contribution in [0.4, 0.5) is 0 Å². The van der Waals surface area contributed by atoms with Crippen LogP contribution >= 0.6 is 0 Å². The van der Waals surface area contributed by atoms with Gasteiger partial charge in [0.25, 0.3) is 0 Å². The minimum atomic E-state index is -0.00219. The van der Waals surface area contributed by atoms with E-state index in [1.165, 1.54) is 19.3 Å².